The number of aryl methyl sites for hydroxylation is 2. The van der Waals surface area contributed by atoms with E-state index in [9.17, 15) is 9.59 Å². The maximum atomic E-state index is 12.2. The van der Waals surface area contributed by atoms with Gasteiger partial charge >= 0.3 is 0 Å². The number of alkyl halides is 1. The highest BCUT2D eigenvalue weighted by Crippen LogP contribution is 2.25. The molecule has 0 spiro atoms. The zero-order valence-corrected chi connectivity index (χ0v) is 14.3. The first-order chi connectivity index (χ1) is 10.2. The van der Waals surface area contributed by atoms with Crippen molar-refractivity contribution < 1.29 is 9.59 Å². The summed E-state index contributed by atoms with van der Waals surface area (Å²) in [5.74, 6) is 0.180. The Morgan fingerprint density at radius 3 is 2.64 bits per heavy atom. The molecule has 1 fully saturated rings. The molecule has 22 heavy (non-hydrogen) atoms. The van der Waals surface area contributed by atoms with Crippen LogP contribution in [0.5, 0.6) is 0 Å². The first kappa shape index (κ1) is 16.8. The molecule has 2 amide bonds. The zero-order chi connectivity index (χ0) is 16.5. The van der Waals surface area contributed by atoms with E-state index in [0.717, 1.165) is 11.3 Å². The van der Waals surface area contributed by atoms with E-state index in [4.69, 9.17) is 11.6 Å². The maximum absolute atomic E-state index is 12.2. The third-order valence-corrected chi connectivity index (χ3v) is 4.88. The number of anilines is 1. The molecule has 1 aliphatic rings. The highest BCUT2D eigenvalue weighted by molar-refractivity contribution is 6.19. The zero-order valence-electron chi connectivity index (χ0n) is 13.6. The Hall–Kier alpha value is -1.55. The molecular formula is C17H23ClN2O2. The Kier molecular flexibility index (Phi) is 4.81. The SMILES string of the molecule is Cc1ccc(N2C[C@H](NC(=O)C(C)(C)CCl)CC2=O)cc1C. The van der Waals surface area contributed by atoms with E-state index in [1.54, 1.807) is 18.7 Å². The van der Waals surface area contributed by atoms with Crippen molar-refractivity contribution in [3.05, 3.63) is 29.3 Å². The summed E-state index contributed by atoms with van der Waals surface area (Å²) in [6, 6.07) is 5.82. The highest BCUT2D eigenvalue weighted by atomic mass is 35.5. The van der Waals surface area contributed by atoms with Gasteiger partial charge in [-0.1, -0.05) is 6.07 Å². The van der Waals surface area contributed by atoms with Crippen LogP contribution in [0.15, 0.2) is 18.2 Å². The first-order valence-corrected chi connectivity index (χ1v) is 8.02. The molecular weight excluding hydrogens is 300 g/mol. The molecule has 1 aliphatic heterocycles. The van der Waals surface area contributed by atoms with Crippen molar-refractivity contribution in [2.24, 2.45) is 5.41 Å². The lowest BCUT2D eigenvalue weighted by atomic mass is 9.95. The van der Waals surface area contributed by atoms with Crippen LogP contribution in [0.25, 0.3) is 0 Å². The molecule has 1 N–H and O–H groups in total. The fraction of sp³-hybridized carbons (Fsp3) is 0.529. The van der Waals surface area contributed by atoms with Gasteiger partial charge in [0, 0.05) is 24.5 Å². The molecule has 0 unspecified atom stereocenters. The number of hydrogen-bond donors (Lipinski definition) is 1. The minimum atomic E-state index is -0.627. The van der Waals surface area contributed by atoms with E-state index in [1.165, 1.54) is 5.56 Å². The van der Waals surface area contributed by atoms with Crippen molar-refractivity contribution >= 4 is 29.1 Å². The predicted molar refractivity (Wildman–Crippen MR) is 89.3 cm³/mol. The van der Waals surface area contributed by atoms with E-state index >= 15 is 0 Å². The van der Waals surface area contributed by atoms with Crippen molar-refractivity contribution in [2.75, 3.05) is 17.3 Å². The normalized spacial score (nSPS) is 18.7. The summed E-state index contributed by atoms with van der Waals surface area (Å²) < 4.78 is 0. The monoisotopic (exact) mass is 322 g/mol. The van der Waals surface area contributed by atoms with Crippen molar-refractivity contribution in [1.29, 1.82) is 0 Å². The Morgan fingerprint density at radius 1 is 1.36 bits per heavy atom. The Balaban J connectivity index is 2.08. The number of nitrogens with one attached hydrogen (secondary N) is 1. The third-order valence-electron chi connectivity index (χ3n) is 4.21. The number of hydrogen-bond acceptors (Lipinski definition) is 2. The molecule has 120 valence electrons. The van der Waals surface area contributed by atoms with E-state index in [-0.39, 0.29) is 23.7 Å². The van der Waals surface area contributed by atoms with Crippen LogP contribution in [-0.4, -0.2) is 30.3 Å². The summed E-state index contributed by atoms with van der Waals surface area (Å²) in [7, 11) is 0. The molecule has 1 aromatic carbocycles. The van der Waals surface area contributed by atoms with Crippen LogP contribution in [-0.2, 0) is 9.59 Å². The first-order valence-electron chi connectivity index (χ1n) is 7.49. The van der Waals surface area contributed by atoms with Crippen molar-refractivity contribution in [2.45, 2.75) is 40.2 Å². The summed E-state index contributed by atoms with van der Waals surface area (Å²) in [6.07, 6.45) is 0.330. The van der Waals surface area contributed by atoms with Gasteiger partial charge in [-0.15, -0.1) is 11.6 Å². The molecule has 1 heterocycles. The van der Waals surface area contributed by atoms with Gasteiger partial charge in [-0.25, -0.2) is 0 Å². The lowest BCUT2D eigenvalue weighted by molar-refractivity contribution is -0.128. The molecule has 0 aliphatic carbocycles. The van der Waals surface area contributed by atoms with Crippen LogP contribution in [0.3, 0.4) is 0 Å². The van der Waals surface area contributed by atoms with Gasteiger partial charge in [0.15, 0.2) is 0 Å². The fourth-order valence-electron chi connectivity index (χ4n) is 2.39. The lowest BCUT2D eigenvalue weighted by Crippen LogP contribution is -2.44. The molecule has 2 rings (SSSR count). The van der Waals surface area contributed by atoms with Crippen LogP contribution in [0, 0.1) is 19.3 Å². The number of halogens is 1. The maximum Gasteiger partial charge on any atom is 0.229 e. The van der Waals surface area contributed by atoms with Crippen molar-refractivity contribution in [3.8, 4) is 0 Å². The Bertz CT molecular complexity index is 598. The number of carbonyl (C=O) groups excluding carboxylic acids is 2. The van der Waals surface area contributed by atoms with Crippen molar-refractivity contribution in [1.82, 2.24) is 5.32 Å². The van der Waals surface area contributed by atoms with Gasteiger partial charge in [-0.2, -0.15) is 0 Å². The van der Waals surface area contributed by atoms with Crippen LogP contribution >= 0.6 is 11.6 Å². The number of rotatable bonds is 4. The van der Waals surface area contributed by atoms with Crippen molar-refractivity contribution in [3.63, 3.8) is 0 Å². The van der Waals surface area contributed by atoms with E-state index < -0.39 is 5.41 Å². The number of nitrogens with zero attached hydrogens (tertiary/aromatic N) is 1. The standard InChI is InChI=1S/C17H23ClN2O2/c1-11-5-6-14(7-12(11)2)20-9-13(8-15(20)21)19-16(22)17(3,4)10-18/h5-7,13H,8-10H2,1-4H3,(H,19,22)/t13-/m1/s1. The second kappa shape index (κ2) is 6.29. The largest absolute Gasteiger partial charge is 0.351 e. The van der Waals surface area contributed by atoms with Gasteiger partial charge < -0.3 is 10.2 Å². The van der Waals surface area contributed by atoms with E-state index in [2.05, 4.69) is 5.32 Å². The molecule has 1 atom stereocenters. The van der Waals surface area contributed by atoms with Gasteiger partial charge in [0.1, 0.15) is 0 Å². The minimum Gasteiger partial charge on any atom is -0.351 e. The third kappa shape index (κ3) is 3.43. The summed E-state index contributed by atoms with van der Waals surface area (Å²) in [5.41, 5.74) is 2.62. The number of carbonyl (C=O) groups is 2. The molecule has 0 bridgehead atoms. The quantitative estimate of drug-likeness (QED) is 0.867. The number of benzene rings is 1. The average Bonchev–Trinajstić information content (AvgIpc) is 2.82. The molecule has 4 nitrogen and oxygen atoms in total. The smallest absolute Gasteiger partial charge is 0.229 e. The predicted octanol–water partition coefficient (Wildman–Crippen LogP) is 2.79. The van der Waals surface area contributed by atoms with Gasteiger partial charge in [0.25, 0.3) is 0 Å². The Labute approximate surface area is 136 Å². The second-order valence-electron chi connectivity index (χ2n) is 6.66. The van der Waals surface area contributed by atoms with Crippen LogP contribution < -0.4 is 10.2 Å². The molecule has 0 aromatic heterocycles. The summed E-state index contributed by atoms with van der Waals surface area (Å²) in [6.45, 7) is 8.18. The number of amides is 2. The molecule has 0 radical (unpaired) electrons. The highest BCUT2D eigenvalue weighted by Gasteiger charge is 2.35. The van der Waals surface area contributed by atoms with Gasteiger partial charge in [-0.3, -0.25) is 9.59 Å². The van der Waals surface area contributed by atoms with Gasteiger partial charge in [-0.05, 0) is 51.0 Å². The summed E-state index contributed by atoms with van der Waals surface area (Å²) in [5, 5.41) is 2.94. The molecule has 1 saturated heterocycles. The topological polar surface area (TPSA) is 49.4 Å². The molecule has 5 heteroatoms. The lowest BCUT2D eigenvalue weighted by Gasteiger charge is -2.23. The van der Waals surface area contributed by atoms with Gasteiger partial charge in [0.05, 0.1) is 11.5 Å². The van der Waals surface area contributed by atoms with E-state index in [1.807, 2.05) is 32.0 Å². The van der Waals surface area contributed by atoms with Gasteiger partial charge in [0.2, 0.25) is 11.8 Å². The fourth-order valence-corrected chi connectivity index (χ4v) is 2.51. The van der Waals surface area contributed by atoms with Crippen LogP contribution in [0.2, 0.25) is 0 Å². The molecule has 1 aromatic rings. The minimum absolute atomic E-state index is 0.0391. The molecule has 0 saturated carbocycles. The van der Waals surface area contributed by atoms with E-state index in [0.29, 0.717) is 13.0 Å². The average molecular weight is 323 g/mol. The Morgan fingerprint density at radius 2 is 2.05 bits per heavy atom. The summed E-state index contributed by atoms with van der Waals surface area (Å²) >= 11 is 5.82. The van der Waals surface area contributed by atoms with Crippen LogP contribution in [0.1, 0.15) is 31.4 Å². The summed E-state index contributed by atoms with van der Waals surface area (Å²) in [4.78, 5) is 26.1. The second-order valence-corrected chi connectivity index (χ2v) is 6.93. The van der Waals surface area contributed by atoms with Crippen LogP contribution in [0.4, 0.5) is 5.69 Å².